The summed E-state index contributed by atoms with van der Waals surface area (Å²) in [5.41, 5.74) is 1.69. The Bertz CT molecular complexity index is 339. The highest BCUT2D eigenvalue weighted by Crippen LogP contribution is 2.04. The maximum atomic E-state index is 11.7. The van der Waals surface area contributed by atoms with Crippen LogP contribution in [0.4, 0.5) is 0 Å². The van der Waals surface area contributed by atoms with Crippen molar-refractivity contribution in [1.29, 1.82) is 0 Å². The van der Waals surface area contributed by atoms with E-state index in [1.807, 2.05) is 56.3 Å². The van der Waals surface area contributed by atoms with Crippen molar-refractivity contribution in [2.24, 2.45) is 0 Å². The predicted octanol–water partition coefficient (Wildman–Crippen LogP) is 2.33. The zero-order valence-corrected chi connectivity index (χ0v) is 8.82. The third-order valence-electron chi connectivity index (χ3n) is 2.10. The summed E-state index contributed by atoms with van der Waals surface area (Å²) in [6.07, 6.45) is 1.65. The SMILES string of the molecule is C/C(=C\C(=O)c1ccccc1)N(C)C. The fourth-order valence-electron chi connectivity index (χ4n) is 1.00. The van der Waals surface area contributed by atoms with Crippen molar-refractivity contribution in [3.05, 3.63) is 47.7 Å². The number of hydrogen-bond acceptors (Lipinski definition) is 2. The molecule has 1 aromatic rings. The van der Waals surface area contributed by atoms with Crippen LogP contribution in [0, 0.1) is 0 Å². The van der Waals surface area contributed by atoms with E-state index in [9.17, 15) is 4.79 Å². The van der Waals surface area contributed by atoms with Gasteiger partial charge in [-0.15, -0.1) is 0 Å². The highest BCUT2D eigenvalue weighted by atomic mass is 16.1. The van der Waals surface area contributed by atoms with Crippen molar-refractivity contribution in [3.8, 4) is 0 Å². The third-order valence-corrected chi connectivity index (χ3v) is 2.10. The molecule has 0 atom stereocenters. The van der Waals surface area contributed by atoms with Crippen LogP contribution in [0.2, 0.25) is 0 Å². The Hall–Kier alpha value is -1.57. The second kappa shape index (κ2) is 4.61. The van der Waals surface area contributed by atoms with Crippen LogP contribution in [0.3, 0.4) is 0 Å². The maximum Gasteiger partial charge on any atom is 0.187 e. The van der Waals surface area contributed by atoms with E-state index in [1.54, 1.807) is 6.08 Å². The van der Waals surface area contributed by atoms with Crippen LogP contribution in [0.15, 0.2) is 42.1 Å². The van der Waals surface area contributed by atoms with E-state index >= 15 is 0 Å². The number of ketones is 1. The zero-order valence-electron chi connectivity index (χ0n) is 8.82. The van der Waals surface area contributed by atoms with Gasteiger partial charge in [0.2, 0.25) is 0 Å². The molecule has 0 N–H and O–H groups in total. The summed E-state index contributed by atoms with van der Waals surface area (Å²) in [6.45, 7) is 1.92. The molecule has 14 heavy (non-hydrogen) atoms. The van der Waals surface area contributed by atoms with Gasteiger partial charge in [0.1, 0.15) is 0 Å². The van der Waals surface area contributed by atoms with E-state index in [1.165, 1.54) is 0 Å². The van der Waals surface area contributed by atoms with Crippen molar-refractivity contribution in [2.45, 2.75) is 6.92 Å². The van der Waals surface area contributed by atoms with Gasteiger partial charge in [0, 0.05) is 31.4 Å². The molecule has 0 radical (unpaired) electrons. The first-order chi connectivity index (χ1) is 6.61. The molecule has 2 nitrogen and oxygen atoms in total. The molecule has 0 aliphatic carbocycles. The summed E-state index contributed by atoms with van der Waals surface area (Å²) >= 11 is 0. The first-order valence-corrected chi connectivity index (χ1v) is 4.56. The highest BCUT2D eigenvalue weighted by molar-refractivity contribution is 6.04. The predicted molar refractivity (Wildman–Crippen MR) is 58.2 cm³/mol. The molecule has 0 unspecified atom stereocenters. The Morgan fingerprint density at radius 1 is 1.21 bits per heavy atom. The molecule has 0 saturated carbocycles. The first-order valence-electron chi connectivity index (χ1n) is 4.56. The smallest absolute Gasteiger partial charge is 0.187 e. The average molecular weight is 189 g/mol. The van der Waals surface area contributed by atoms with E-state index in [-0.39, 0.29) is 5.78 Å². The van der Waals surface area contributed by atoms with Gasteiger partial charge >= 0.3 is 0 Å². The minimum atomic E-state index is 0.0526. The Morgan fingerprint density at radius 3 is 2.29 bits per heavy atom. The van der Waals surface area contributed by atoms with Gasteiger partial charge in [-0.05, 0) is 6.92 Å². The van der Waals surface area contributed by atoms with Crippen molar-refractivity contribution in [2.75, 3.05) is 14.1 Å². The molecule has 0 saturated heterocycles. The molecule has 1 rings (SSSR count). The Morgan fingerprint density at radius 2 is 1.79 bits per heavy atom. The number of allylic oxidation sites excluding steroid dienone is 2. The summed E-state index contributed by atoms with van der Waals surface area (Å²) in [7, 11) is 3.84. The van der Waals surface area contributed by atoms with Gasteiger partial charge in [0.15, 0.2) is 5.78 Å². The summed E-state index contributed by atoms with van der Waals surface area (Å²) in [4.78, 5) is 13.6. The molecular weight excluding hydrogens is 174 g/mol. The van der Waals surface area contributed by atoms with E-state index in [4.69, 9.17) is 0 Å². The lowest BCUT2D eigenvalue weighted by atomic mass is 10.1. The Balaban J connectivity index is 2.83. The summed E-state index contributed by atoms with van der Waals surface area (Å²) < 4.78 is 0. The maximum absolute atomic E-state index is 11.7. The van der Waals surface area contributed by atoms with Crippen LogP contribution in [0.1, 0.15) is 17.3 Å². The number of carbonyl (C=O) groups excluding carboxylic acids is 1. The number of hydrogen-bond donors (Lipinski definition) is 0. The van der Waals surface area contributed by atoms with E-state index < -0.39 is 0 Å². The summed E-state index contributed by atoms with van der Waals surface area (Å²) in [6, 6.07) is 9.28. The second-order valence-corrected chi connectivity index (χ2v) is 3.41. The van der Waals surface area contributed by atoms with Crippen LogP contribution < -0.4 is 0 Å². The minimum Gasteiger partial charge on any atom is -0.381 e. The molecule has 0 bridgehead atoms. The Labute approximate surface area is 84.9 Å². The number of carbonyl (C=O) groups is 1. The van der Waals surface area contributed by atoms with Crippen LogP contribution in [0.5, 0.6) is 0 Å². The van der Waals surface area contributed by atoms with Crippen molar-refractivity contribution in [1.82, 2.24) is 4.90 Å². The molecular formula is C12H15NO. The average Bonchev–Trinajstić information content (AvgIpc) is 2.19. The van der Waals surface area contributed by atoms with Crippen LogP contribution >= 0.6 is 0 Å². The van der Waals surface area contributed by atoms with Crippen molar-refractivity contribution >= 4 is 5.78 Å². The van der Waals surface area contributed by atoms with Crippen LogP contribution in [-0.4, -0.2) is 24.8 Å². The van der Waals surface area contributed by atoms with Gasteiger partial charge < -0.3 is 4.90 Å². The number of benzene rings is 1. The fourth-order valence-corrected chi connectivity index (χ4v) is 1.00. The molecule has 74 valence electrons. The first kappa shape index (κ1) is 10.5. The van der Waals surface area contributed by atoms with Crippen LogP contribution in [-0.2, 0) is 0 Å². The van der Waals surface area contributed by atoms with E-state index in [0.29, 0.717) is 0 Å². The summed E-state index contributed by atoms with van der Waals surface area (Å²) in [5, 5.41) is 0. The molecule has 0 spiro atoms. The van der Waals surface area contributed by atoms with E-state index in [2.05, 4.69) is 0 Å². The quantitative estimate of drug-likeness (QED) is 0.537. The topological polar surface area (TPSA) is 20.3 Å². The lowest BCUT2D eigenvalue weighted by molar-refractivity contribution is 0.104. The van der Waals surface area contributed by atoms with Gasteiger partial charge in [0.05, 0.1) is 0 Å². The van der Waals surface area contributed by atoms with Gasteiger partial charge in [-0.3, -0.25) is 4.79 Å². The molecule has 1 aromatic carbocycles. The van der Waals surface area contributed by atoms with Gasteiger partial charge in [-0.1, -0.05) is 30.3 Å². The molecule has 0 heterocycles. The summed E-state index contributed by atoms with van der Waals surface area (Å²) in [5.74, 6) is 0.0526. The van der Waals surface area contributed by atoms with E-state index in [0.717, 1.165) is 11.3 Å². The molecule has 2 heteroatoms. The van der Waals surface area contributed by atoms with Crippen molar-refractivity contribution in [3.63, 3.8) is 0 Å². The Kier molecular flexibility index (Phi) is 3.46. The lowest BCUT2D eigenvalue weighted by Gasteiger charge is -2.11. The molecule has 0 amide bonds. The highest BCUT2D eigenvalue weighted by Gasteiger charge is 2.02. The van der Waals surface area contributed by atoms with Gasteiger partial charge in [-0.2, -0.15) is 0 Å². The minimum absolute atomic E-state index is 0.0526. The normalized spacial score (nSPS) is 11.2. The fraction of sp³-hybridized carbons (Fsp3) is 0.250. The molecule has 0 aliphatic heterocycles. The molecule has 0 aliphatic rings. The molecule has 0 fully saturated rings. The number of nitrogens with zero attached hydrogens (tertiary/aromatic N) is 1. The largest absolute Gasteiger partial charge is 0.381 e. The molecule has 0 aromatic heterocycles. The number of rotatable bonds is 3. The lowest BCUT2D eigenvalue weighted by Crippen LogP contribution is -2.10. The zero-order chi connectivity index (χ0) is 10.6. The third kappa shape index (κ3) is 2.73. The van der Waals surface area contributed by atoms with Crippen LogP contribution in [0.25, 0.3) is 0 Å². The standard InChI is InChI=1S/C12H15NO/c1-10(13(2)3)9-12(14)11-7-5-4-6-8-11/h4-9H,1-3H3/b10-9+. The van der Waals surface area contributed by atoms with Gasteiger partial charge in [-0.25, -0.2) is 0 Å². The second-order valence-electron chi connectivity index (χ2n) is 3.41. The monoisotopic (exact) mass is 189 g/mol. The van der Waals surface area contributed by atoms with Crippen molar-refractivity contribution < 1.29 is 4.79 Å². The van der Waals surface area contributed by atoms with Gasteiger partial charge in [0.25, 0.3) is 0 Å².